The molecule has 0 unspecified atom stereocenters. The van der Waals surface area contributed by atoms with Crippen LogP contribution in [0.25, 0.3) is 0 Å². The van der Waals surface area contributed by atoms with Crippen LogP contribution in [-0.2, 0) is 0 Å². The second-order valence-corrected chi connectivity index (χ2v) is 5.38. The number of halogens is 1. The number of anilines is 1. The van der Waals surface area contributed by atoms with Gasteiger partial charge in [0, 0.05) is 16.7 Å². The lowest BCUT2D eigenvalue weighted by Gasteiger charge is -2.11. The van der Waals surface area contributed by atoms with Crippen LogP contribution in [0.2, 0.25) is 0 Å². The molecule has 100 valence electrons. The maximum atomic E-state index is 5.78. The average Bonchev–Trinajstić information content (AvgIpc) is 2.38. The second kappa shape index (κ2) is 6.62. The van der Waals surface area contributed by atoms with Gasteiger partial charge in [0.2, 0.25) is 0 Å². The van der Waals surface area contributed by atoms with Crippen molar-refractivity contribution in [3.63, 3.8) is 0 Å². The zero-order chi connectivity index (χ0) is 13.7. The summed E-state index contributed by atoms with van der Waals surface area (Å²) >= 11 is 3.51. The van der Waals surface area contributed by atoms with Crippen LogP contribution < -0.4 is 10.1 Å². The first-order chi connectivity index (χ1) is 9.16. The molecule has 0 radical (unpaired) electrons. The van der Waals surface area contributed by atoms with Gasteiger partial charge in [-0.1, -0.05) is 29.8 Å². The first-order valence-electron chi connectivity index (χ1n) is 6.35. The Morgan fingerprint density at radius 3 is 2.63 bits per heavy atom. The fraction of sp³-hybridized carbons (Fsp3) is 0.250. The maximum absolute atomic E-state index is 5.78. The Balaban J connectivity index is 1.83. The summed E-state index contributed by atoms with van der Waals surface area (Å²) in [5.41, 5.74) is 3.53. The Morgan fingerprint density at radius 2 is 1.89 bits per heavy atom. The lowest BCUT2D eigenvalue weighted by Crippen LogP contribution is -2.12. The molecule has 0 aromatic heterocycles. The smallest absolute Gasteiger partial charge is 0.122 e. The van der Waals surface area contributed by atoms with Crippen molar-refractivity contribution >= 4 is 21.6 Å². The van der Waals surface area contributed by atoms with Crippen molar-refractivity contribution in [3.05, 3.63) is 58.1 Å². The Bertz CT molecular complexity index is 554. The summed E-state index contributed by atoms with van der Waals surface area (Å²) in [6.45, 7) is 5.58. The van der Waals surface area contributed by atoms with E-state index in [1.165, 1.54) is 11.1 Å². The first-order valence-corrected chi connectivity index (χ1v) is 7.14. The van der Waals surface area contributed by atoms with Crippen molar-refractivity contribution in [3.8, 4) is 5.75 Å². The van der Waals surface area contributed by atoms with E-state index in [4.69, 9.17) is 4.74 Å². The fourth-order valence-corrected chi connectivity index (χ4v) is 2.34. The van der Waals surface area contributed by atoms with E-state index < -0.39 is 0 Å². The van der Waals surface area contributed by atoms with Crippen LogP contribution >= 0.6 is 15.9 Å². The summed E-state index contributed by atoms with van der Waals surface area (Å²) in [5.74, 6) is 0.958. The van der Waals surface area contributed by atoms with Crippen molar-refractivity contribution in [1.82, 2.24) is 0 Å². The minimum atomic E-state index is 0.644. The molecule has 0 aliphatic rings. The predicted molar refractivity (Wildman–Crippen MR) is 84.0 cm³/mol. The van der Waals surface area contributed by atoms with Crippen LogP contribution in [0.5, 0.6) is 5.75 Å². The van der Waals surface area contributed by atoms with Crippen LogP contribution in [-0.4, -0.2) is 13.2 Å². The van der Waals surface area contributed by atoms with E-state index in [0.29, 0.717) is 6.61 Å². The minimum absolute atomic E-state index is 0.644. The molecular formula is C16H18BrNO. The molecule has 1 N–H and O–H groups in total. The highest BCUT2D eigenvalue weighted by Gasteiger charge is 2.00. The van der Waals surface area contributed by atoms with Crippen molar-refractivity contribution in [2.75, 3.05) is 18.5 Å². The molecule has 0 amide bonds. The van der Waals surface area contributed by atoms with Gasteiger partial charge in [-0.3, -0.25) is 0 Å². The number of rotatable bonds is 5. The topological polar surface area (TPSA) is 21.3 Å². The standard InChI is InChI=1S/C16H18BrNO/c1-12-7-8-16(13(2)11-12)19-10-9-18-15-6-4-3-5-14(15)17/h3-8,11,18H,9-10H2,1-2H3. The van der Waals surface area contributed by atoms with Gasteiger partial charge in [-0.15, -0.1) is 0 Å². The van der Waals surface area contributed by atoms with Crippen LogP contribution in [0.4, 0.5) is 5.69 Å². The van der Waals surface area contributed by atoms with Gasteiger partial charge in [0.25, 0.3) is 0 Å². The number of nitrogens with one attached hydrogen (secondary N) is 1. The van der Waals surface area contributed by atoms with Crippen molar-refractivity contribution in [1.29, 1.82) is 0 Å². The number of ether oxygens (including phenoxy) is 1. The molecule has 0 bridgehead atoms. The third-order valence-corrected chi connectivity index (χ3v) is 3.57. The molecule has 2 nitrogen and oxygen atoms in total. The number of aryl methyl sites for hydroxylation is 2. The third kappa shape index (κ3) is 4.00. The molecule has 3 heteroatoms. The van der Waals surface area contributed by atoms with Crippen molar-refractivity contribution < 1.29 is 4.74 Å². The molecule has 0 saturated carbocycles. The summed E-state index contributed by atoms with van der Waals surface area (Å²) < 4.78 is 6.85. The minimum Gasteiger partial charge on any atom is -0.491 e. The van der Waals surface area contributed by atoms with E-state index >= 15 is 0 Å². The molecular weight excluding hydrogens is 302 g/mol. The Labute approximate surface area is 122 Å². The van der Waals surface area contributed by atoms with Crippen LogP contribution in [0.1, 0.15) is 11.1 Å². The zero-order valence-corrected chi connectivity index (χ0v) is 12.8. The predicted octanol–water partition coefficient (Wildman–Crippen LogP) is 4.56. The van der Waals surface area contributed by atoms with Gasteiger partial charge in [0.15, 0.2) is 0 Å². The number of hydrogen-bond acceptors (Lipinski definition) is 2. The lowest BCUT2D eigenvalue weighted by molar-refractivity contribution is 0.330. The van der Waals surface area contributed by atoms with Crippen LogP contribution in [0.3, 0.4) is 0 Å². The van der Waals surface area contributed by atoms with E-state index in [1.807, 2.05) is 30.3 Å². The molecule has 19 heavy (non-hydrogen) atoms. The second-order valence-electron chi connectivity index (χ2n) is 4.52. The van der Waals surface area contributed by atoms with Gasteiger partial charge in [0.05, 0.1) is 0 Å². The van der Waals surface area contributed by atoms with E-state index in [9.17, 15) is 0 Å². The Morgan fingerprint density at radius 1 is 1.11 bits per heavy atom. The van der Waals surface area contributed by atoms with Gasteiger partial charge in [-0.05, 0) is 53.5 Å². The monoisotopic (exact) mass is 319 g/mol. The first kappa shape index (κ1) is 13.9. The maximum Gasteiger partial charge on any atom is 0.122 e. The zero-order valence-electron chi connectivity index (χ0n) is 11.2. The number of benzene rings is 2. The molecule has 2 rings (SSSR count). The molecule has 0 atom stereocenters. The van der Waals surface area contributed by atoms with Gasteiger partial charge in [-0.2, -0.15) is 0 Å². The summed E-state index contributed by atoms with van der Waals surface area (Å²) in [5, 5.41) is 3.34. The number of hydrogen-bond donors (Lipinski definition) is 1. The molecule has 0 spiro atoms. The summed E-state index contributed by atoms with van der Waals surface area (Å²) in [6.07, 6.45) is 0. The fourth-order valence-electron chi connectivity index (χ4n) is 1.91. The molecule has 2 aromatic rings. The molecule has 0 saturated heterocycles. The van der Waals surface area contributed by atoms with Crippen LogP contribution in [0.15, 0.2) is 46.9 Å². The normalized spacial score (nSPS) is 10.3. The van der Waals surface area contributed by atoms with Crippen molar-refractivity contribution in [2.45, 2.75) is 13.8 Å². The molecule has 2 aromatic carbocycles. The number of para-hydroxylation sites is 1. The summed E-state index contributed by atoms with van der Waals surface area (Å²) in [4.78, 5) is 0. The highest BCUT2D eigenvalue weighted by atomic mass is 79.9. The molecule has 0 fully saturated rings. The van der Waals surface area contributed by atoms with Gasteiger partial charge in [-0.25, -0.2) is 0 Å². The Kier molecular flexibility index (Phi) is 4.86. The highest BCUT2D eigenvalue weighted by molar-refractivity contribution is 9.10. The largest absolute Gasteiger partial charge is 0.491 e. The summed E-state index contributed by atoms with van der Waals surface area (Å²) in [6, 6.07) is 14.3. The molecule has 0 heterocycles. The van der Waals surface area contributed by atoms with Crippen molar-refractivity contribution in [2.24, 2.45) is 0 Å². The SMILES string of the molecule is Cc1ccc(OCCNc2ccccc2Br)c(C)c1. The lowest BCUT2D eigenvalue weighted by atomic mass is 10.1. The average molecular weight is 320 g/mol. The third-order valence-electron chi connectivity index (χ3n) is 2.88. The Hall–Kier alpha value is -1.48. The van der Waals surface area contributed by atoms with Crippen LogP contribution in [0, 0.1) is 13.8 Å². The molecule has 0 aliphatic heterocycles. The quantitative estimate of drug-likeness (QED) is 0.816. The van der Waals surface area contributed by atoms with E-state index in [0.717, 1.165) is 22.5 Å². The van der Waals surface area contributed by atoms with Gasteiger partial charge in [0.1, 0.15) is 12.4 Å². The van der Waals surface area contributed by atoms with Gasteiger partial charge >= 0.3 is 0 Å². The van der Waals surface area contributed by atoms with E-state index in [1.54, 1.807) is 0 Å². The highest BCUT2D eigenvalue weighted by Crippen LogP contribution is 2.21. The molecule has 0 aliphatic carbocycles. The summed E-state index contributed by atoms with van der Waals surface area (Å²) in [7, 11) is 0. The van der Waals surface area contributed by atoms with Gasteiger partial charge < -0.3 is 10.1 Å². The van der Waals surface area contributed by atoms with E-state index in [2.05, 4.69) is 47.2 Å². The van der Waals surface area contributed by atoms with E-state index in [-0.39, 0.29) is 0 Å².